The quantitative estimate of drug-likeness (QED) is 0.0384. The Hall–Kier alpha value is -5.93. The zero-order valence-corrected chi connectivity index (χ0v) is 45.0. The first-order valence-corrected chi connectivity index (χ1v) is 27.7. The van der Waals surface area contributed by atoms with Crippen LogP contribution >= 0.6 is 44.2 Å². The number of aliphatic hydroxyl groups excluding tert-OH is 1. The van der Waals surface area contributed by atoms with Gasteiger partial charge in [0.2, 0.25) is 47.3 Å². The topological polar surface area (TPSA) is 355 Å². The van der Waals surface area contributed by atoms with Crippen LogP contribution in [-0.4, -0.2) is 135 Å². The molecule has 1 saturated heterocycles. The Bertz CT molecular complexity index is 2610. The minimum Gasteiger partial charge on any atom is -0.507 e. The van der Waals surface area contributed by atoms with Gasteiger partial charge in [0.1, 0.15) is 48.0 Å². The smallest absolute Gasteiger partial charge is 0.244 e. The molecule has 0 aliphatic carbocycles. The molecule has 0 unspecified atom stereocenters. The van der Waals surface area contributed by atoms with E-state index in [1.807, 2.05) is 52.9 Å². The van der Waals surface area contributed by atoms with Crippen molar-refractivity contribution in [2.75, 3.05) is 18.1 Å². The lowest BCUT2D eigenvalue weighted by Gasteiger charge is -2.29. The maximum absolute atomic E-state index is 14.9. The summed E-state index contributed by atoms with van der Waals surface area (Å²) in [7, 11) is 2.03. The SMILES string of the molecule is CC(C)[C@@H]1NC(=O)[C@H](CCCCN)NC(=O)[C@@H](Cc2c[nH]c3ccccc23)NC(=O)[C@H](Cc2ccc(O)c(I)c2)NC(=O)[C@@H](NC(=O)[C@H](N)Cc2ccccc2)CSSC[C@@H](C(=O)N[C@H](C(N)=O)[C@@H](C)O)NC1=O. The molecule has 0 spiro atoms. The van der Waals surface area contributed by atoms with E-state index >= 15 is 0 Å². The first-order valence-electron chi connectivity index (χ1n) is 24.1. The molecular formula is C50H66IN11O10S2. The van der Waals surface area contributed by atoms with Crippen molar-refractivity contribution in [2.45, 2.75) is 114 Å². The van der Waals surface area contributed by atoms with Crippen LogP contribution in [0, 0.1) is 9.49 Å². The molecule has 21 nitrogen and oxygen atoms in total. The number of hydrogen-bond acceptors (Lipinski definition) is 14. The largest absolute Gasteiger partial charge is 0.507 e. The lowest BCUT2D eigenvalue weighted by atomic mass is 10.00. The van der Waals surface area contributed by atoms with Gasteiger partial charge in [0.25, 0.3) is 0 Å². The van der Waals surface area contributed by atoms with Crippen LogP contribution in [0.5, 0.6) is 5.75 Å². The number of para-hydroxylation sites is 1. The number of halogens is 1. The number of aliphatic hydroxyl groups is 1. The van der Waals surface area contributed by atoms with Crippen LogP contribution in [0.25, 0.3) is 10.9 Å². The third-order valence-corrected chi connectivity index (χ3v) is 15.5. The van der Waals surface area contributed by atoms with E-state index in [9.17, 15) is 48.6 Å². The summed E-state index contributed by atoms with van der Waals surface area (Å²) in [6.45, 7) is 4.85. The minimum absolute atomic E-state index is 0.0154. The Kier molecular flexibility index (Phi) is 22.8. The second kappa shape index (κ2) is 28.7. The number of rotatable bonds is 17. The molecule has 24 heteroatoms. The lowest BCUT2D eigenvalue weighted by Crippen LogP contribution is -2.62. The van der Waals surface area contributed by atoms with Gasteiger partial charge in [-0.2, -0.15) is 0 Å². The van der Waals surface area contributed by atoms with E-state index in [0.29, 0.717) is 27.5 Å². The number of carbonyl (C=O) groups is 8. The highest BCUT2D eigenvalue weighted by molar-refractivity contribution is 14.1. The van der Waals surface area contributed by atoms with Crippen molar-refractivity contribution in [1.82, 2.24) is 42.2 Å². The fourth-order valence-electron chi connectivity index (χ4n) is 8.00. The fraction of sp³-hybridized carbons (Fsp3) is 0.440. The molecule has 2 heterocycles. The third-order valence-electron chi connectivity index (χ3n) is 12.2. The summed E-state index contributed by atoms with van der Waals surface area (Å²) in [5.74, 6) is -7.60. The average Bonchev–Trinajstić information content (AvgIpc) is 3.77. The number of nitrogens with one attached hydrogen (secondary N) is 8. The number of aromatic hydroxyl groups is 1. The van der Waals surface area contributed by atoms with Crippen molar-refractivity contribution in [3.63, 3.8) is 0 Å². The molecular weight excluding hydrogens is 1110 g/mol. The van der Waals surface area contributed by atoms with Gasteiger partial charge in [0.15, 0.2) is 0 Å². The van der Waals surface area contributed by atoms with E-state index in [1.165, 1.54) is 13.0 Å². The Balaban J connectivity index is 1.60. The van der Waals surface area contributed by atoms with E-state index in [2.05, 4.69) is 42.2 Å². The summed E-state index contributed by atoms with van der Waals surface area (Å²) in [5.41, 5.74) is 20.4. The van der Waals surface area contributed by atoms with Gasteiger partial charge in [-0.05, 0) is 103 Å². The molecule has 1 aliphatic rings. The molecule has 1 aliphatic heterocycles. The summed E-state index contributed by atoms with van der Waals surface area (Å²) < 4.78 is 0.458. The maximum Gasteiger partial charge on any atom is 0.244 e. The molecule has 3 aromatic carbocycles. The summed E-state index contributed by atoms with van der Waals surface area (Å²) in [6, 6.07) is 10.2. The van der Waals surface area contributed by atoms with Crippen LogP contribution < -0.4 is 54.4 Å². The summed E-state index contributed by atoms with van der Waals surface area (Å²) in [4.78, 5) is 116. The van der Waals surface area contributed by atoms with Crippen molar-refractivity contribution in [2.24, 2.45) is 23.1 Å². The number of fused-ring (bicyclic) bond motifs is 1. The lowest BCUT2D eigenvalue weighted by molar-refractivity contribution is -0.136. The highest BCUT2D eigenvalue weighted by Gasteiger charge is 2.36. The van der Waals surface area contributed by atoms with Crippen LogP contribution in [0.15, 0.2) is 79.0 Å². The molecule has 0 bridgehead atoms. The van der Waals surface area contributed by atoms with Gasteiger partial charge >= 0.3 is 0 Å². The molecule has 1 aromatic heterocycles. The maximum atomic E-state index is 14.9. The van der Waals surface area contributed by atoms with Crippen LogP contribution in [0.3, 0.4) is 0 Å². The summed E-state index contributed by atoms with van der Waals surface area (Å²) in [5, 5.41) is 40.4. The average molecular weight is 1170 g/mol. The number of primary amides is 1. The monoisotopic (exact) mass is 1170 g/mol. The van der Waals surface area contributed by atoms with Gasteiger partial charge in [-0.15, -0.1) is 0 Å². The number of unbranched alkanes of at least 4 members (excludes halogenated alkanes) is 1. The second-order valence-corrected chi connectivity index (χ2v) is 22.1. The number of carbonyl (C=O) groups excluding carboxylic acids is 8. The van der Waals surface area contributed by atoms with Crippen LogP contribution in [0.1, 0.15) is 56.7 Å². The number of benzene rings is 3. The highest BCUT2D eigenvalue weighted by atomic mass is 127. The minimum atomic E-state index is -1.55. The van der Waals surface area contributed by atoms with Gasteiger partial charge in [-0.3, -0.25) is 38.4 Å². The predicted molar refractivity (Wildman–Crippen MR) is 292 cm³/mol. The van der Waals surface area contributed by atoms with Crippen LogP contribution in [0.4, 0.5) is 0 Å². The highest BCUT2D eigenvalue weighted by Crippen LogP contribution is 2.25. The van der Waals surface area contributed by atoms with E-state index in [-0.39, 0.29) is 49.5 Å². The first-order chi connectivity index (χ1) is 35.3. The zero-order chi connectivity index (χ0) is 54.1. The number of phenolic OH excluding ortho intramolecular Hbond substituents is 1. The Morgan fingerprint density at radius 3 is 2.07 bits per heavy atom. The Morgan fingerprint density at radius 1 is 0.770 bits per heavy atom. The van der Waals surface area contributed by atoms with Gasteiger partial charge in [0.05, 0.1) is 15.7 Å². The molecule has 4 aromatic rings. The number of aromatic nitrogens is 1. The standard InChI is InChI=1S/C50H66IN11O10S2/c1-26(2)41-50(72)60-39(49(71)62-42(27(3)63)43(54)65)25-74-73-24-38(59-44(66)33(53)20-28-11-5-4-6-12-28)48(70)57-36(21-29-16-17-40(64)32(51)19-29)46(68)58-37(22-30-23-55-34-14-8-7-13-31(30)34)47(69)56-35(45(67)61-41)15-9-10-18-52/h4-8,11-14,16-17,19,23,26-27,33,35-39,41-42,55,63-64H,9-10,15,18,20-22,24-25,52-53H2,1-3H3,(H2,54,65)(H,56,69)(H,57,70)(H,58,68)(H,59,66)(H,60,72)(H,61,67)(H,62,71)/t27-,33-,35+,36+,37-,38+,39+,41+,42+/m1/s1. The third kappa shape index (κ3) is 17.3. The number of phenols is 1. The number of nitrogens with two attached hydrogens (primary N) is 3. The number of amides is 8. The molecule has 9 atom stereocenters. The van der Waals surface area contributed by atoms with Crippen molar-refractivity contribution in [3.8, 4) is 5.75 Å². The number of hydrogen-bond donors (Lipinski definition) is 13. The van der Waals surface area contributed by atoms with E-state index in [4.69, 9.17) is 17.2 Å². The summed E-state index contributed by atoms with van der Waals surface area (Å²) >= 11 is 1.93. The van der Waals surface area contributed by atoms with Crippen LogP contribution in [-0.2, 0) is 57.6 Å². The van der Waals surface area contributed by atoms with E-state index < -0.39 is 108 Å². The van der Waals surface area contributed by atoms with Crippen LogP contribution in [0.2, 0.25) is 0 Å². The van der Waals surface area contributed by atoms with Crippen molar-refractivity contribution < 1.29 is 48.6 Å². The summed E-state index contributed by atoms with van der Waals surface area (Å²) in [6.07, 6.45) is 1.09. The zero-order valence-electron chi connectivity index (χ0n) is 41.2. The molecule has 5 rings (SSSR count). The van der Waals surface area contributed by atoms with Gasteiger partial charge in [0, 0.05) is 41.4 Å². The first kappa shape index (κ1) is 59.0. The van der Waals surface area contributed by atoms with E-state index in [1.54, 1.807) is 56.4 Å². The normalized spacial score (nSPS) is 22.0. The van der Waals surface area contributed by atoms with Gasteiger partial charge < -0.3 is 69.6 Å². The molecule has 0 radical (unpaired) electrons. The van der Waals surface area contributed by atoms with Crippen molar-refractivity contribution >= 4 is 102 Å². The molecule has 16 N–H and O–H groups in total. The molecule has 400 valence electrons. The fourth-order valence-corrected chi connectivity index (χ4v) is 10.9. The number of H-pyrrole nitrogens is 1. The van der Waals surface area contributed by atoms with Gasteiger partial charge in [-0.1, -0.05) is 90.0 Å². The van der Waals surface area contributed by atoms with Crippen molar-refractivity contribution in [3.05, 3.63) is 99.3 Å². The second-order valence-electron chi connectivity index (χ2n) is 18.4. The van der Waals surface area contributed by atoms with Crippen molar-refractivity contribution in [1.29, 1.82) is 0 Å². The van der Waals surface area contributed by atoms with Gasteiger partial charge in [-0.25, -0.2) is 0 Å². The molecule has 8 amide bonds. The van der Waals surface area contributed by atoms with E-state index in [0.717, 1.165) is 38.1 Å². The molecule has 0 saturated carbocycles. The Labute approximate surface area is 450 Å². The molecule has 1 fully saturated rings. The predicted octanol–water partition coefficient (Wildman–Crippen LogP) is 0.273. The number of aromatic amines is 1. The molecule has 74 heavy (non-hydrogen) atoms. The Morgan fingerprint density at radius 2 is 1.41 bits per heavy atom.